The van der Waals surface area contributed by atoms with Crippen LogP contribution in [-0.2, 0) is 17.7 Å². The Hall–Kier alpha value is -2.45. The first-order chi connectivity index (χ1) is 15.0. The van der Waals surface area contributed by atoms with Crippen molar-refractivity contribution < 1.29 is 9.53 Å². The predicted molar refractivity (Wildman–Crippen MR) is 121 cm³/mol. The average Bonchev–Trinajstić information content (AvgIpc) is 3.19. The van der Waals surface area contributed by atoms with Crippen LogP contribution < -0.4 is 5.32 Å². The lowest BCUT2D eigenvalue weighted by Crippen LogP contribution is -2.35. The minimum atomic E-state index is -0.389. The maximum absolute atomic E-state index is 12.9. The third kappa shape index (κ3) is 5.07. The molecule has 1 amide bonds. The summed E-state index contributed by atoms with van der Waals surface area (Å²) in [5.41, 5.74) is 2.33. The number of aromatic nitrogens is 3. The van der Waals surface area contributed by atoms with E-state index in [0.29, 0.717) is 33.7 Å². The normalized spacial score (nSPS) is 14.5. The predicted octanol–water partition coefficient (Wildman–Crippen LogP) is 4.22. The zero-order valence-corrected chi connectivity index (χ0v) is 18.7. The first-order valence-corrected chi connectivity index (χ1v) is 10.9. The van der Waals surface area contributed by atoms with Gasteiger partial charge >= 0.3 is 0 Å². The molecule has 0 aliphatic carbocycles. The lowest BCUT2D eigenvalue weighted by atomic mass is 10.2. The van der Waals surface area contributed by atoms with Crippen LogP contribution in [-0.4, -0.2) is 51.9 Å². The molecule has 0 bridgehead atoms. The van der Waals surface area contributed by atoms with Gasteiger partial charge in [0, 0.05) is 31.7 Å². The second-order valence-electron chi connectivity index (χ2n) is 7.23. The largest absolute Gasteiger partial charge is 0.379 e. The van der Waals surface area contributed by atoms with Gasteiger partial charge in [-0.3, -0.25) is 9.69 Å². The number of aryl methyl sites for hydroxylation is 1. The van der Waals surface area contributed by atoms with E-state index in [1.807, 2.05) is 31.2 Å². The van der Waals surface area contributed by atoms with Crippen LogP contribution in [0.1, 0.15) is 28.9 Å². The molecule has 0 atom stereocenters. The molecule has 2 heterocycles. The van der Waals surface area contributed by atoms with Crippen molar-refractivity contribution in [3.05, 3.63) is 69.7 Å². The highest BCUT2D eigenvalue weighted by atomic mass is 35.5. The summed E-state index contributed by atoms with van der Waals surface area (Å²) >= 11 is 12.6. The highest BCUT2D eigenvalue weighted by molar-refractivity contribution is 6.37. The number of ether oxygens (including phenoxy) is 1. The smallest absolute Gasteiger partial charge is 0.295 e. The number of anilines is 1. The summed E-state index contributed by atoms with van der Waals surface area (Å²) in [4.78, 5) is 19.6. The number of hydrogen-bond acceptors (Lipinski definition) is 5. The minimum absolute atomic E-state index is 0.0615. The van der Waals surface area contributed by atoms with Crippen LogP contribution in [0.4, 0.5) is 5.69 Å². The van der Waals surface area contributed by atoms with Gasteiger partial charge in [0.25, 0.3) is 5.91 Å². The summed E-state index contributed by atoms with van der Waals surface area (Å²) in [5.74, 6) is 0.271. The number of rotatable bonds is 6. The summed E-state index contributed by atoms with van der Waals surface area (Å²) < 4.78 is 6.94. The maximum atomic E-state index is 12.9. The number of nitrogens with one attached hydrogen (secondary N) is 1. The highest BCUT2D eigenvalue weighted by Gasteiger charge is 2.20. The van der Waals surface area contributed by atoms with Gasteiger partial charge in [0.05, 0.1) is 23.3 Å². The highest BCUT2D eigenvalue weighted by Crippen LogP contribution is 2.29. The molecule has 0 unspecified atom stereocenters. The molecule has 0 saturated carbocycles. The van der Waals surface area contributed by atoms with E-state index in [9.17, 15) is 4.79 Å². The number of carbonyl (C=O) groups excluding carboxylic acids is 1. The number of para-hydroxylation sites is 1. The number of nitrogens with zero attached hydrogens (tertiary/aromatic N) is 4. The van der Waals surface area contributed by atoms with Gasteiger partial charge in [-0.25, -0.2) is 9.67 Å². The molecule has 3 aromatic rings. The first kappa shape index (κ1) is 21.8. The minimum Gasteiger partial charge on any atom is -0.379 e. The molecule has 4 rings (SSSR count). The number of benzene rings is 2. The molecule has 162 valence electrons. The van der Waals surface area contributed by atoms with Gasteiger partial charge in [-0.2, -0.15) is 0 Å². The lowest BCUT2D eigenvalue weighted by molar-refractivity contribution is 0.0342. The van der Waals surface area contributed by atoms with Crippen LogP contribution in [0.25, 0.3) is 5.69 Å². The maximum Gasteiger partial charge on any atom is 0.295 e. The Morgan fingerprint density at radius 3 is 2.55 bits per heavy atom. The van der Waals surface area contributed by atoms with Crippen LogP contribution in [0, 0.1) is 0 Å². The molecule has 7 nitrogen and oxygen atoms in total. The number of hydrogen-bond donors (Lipinski definition) is 1. The van der Waals surface area contributed by atoms with Gasteiger partial charge in [-0.15, -0.1) is 5.10 Å². The fraction of sp³-hybridized carbons (Fsp3) is 0.318. The molecule has 1 aliphatic rings. The SMILES string of the molecule is CCc1nc(C(=O)Nc2cccc(CN3CCOCC3)c2)nn1-c1c(Cl)cccc1Cl. The monoisotopic (exact) mass is 459 g/mol. The summed E-state index contributed by atoms with van der Waals surface area (Å²) in [6, 6.07) is 13.0. The summed E-state index contributed by atoms with van der Waals surface area (Å²) in [5, 5.41) is 8.16. The molecule has 31 heavy (non-hydrogen) atoms. The van der Waals surface area contributed by atoms with Gasteiger partial charge < -0.3 is 10.1 Å². The van der Waals surface area contributed by atoms with Gasteiger partial charge in [-0.05, 0) is 29.8 Å². The van der Waals surface area contributed by atoms with Crippen molar-refractivity contribution in [2.75, 3.05) is 31.6 Å². The molecule has 1 fully saturated rings. The molecular formula is C22H23Cl2N5O2. The third-order valence-electron chi connectivity index (χ3n) is 5.04. The Bertz CT molecular complexity index is 1060. The molecule has 0 spiro atoms. The number of morpholine rings is 1. The fourth-order valence-corrected chi connectivity index (χ4v) is 4.05. The van der Waals surface area contributed by atoms with Crippen LogP contribution in [0.2, 0.25) is 10.0 Å². The zero-order chi connectivity index (χ0) is 21.8. The lowest BCUT2D eigenvalue weighted by Gasteiger charge is -2.26. The molecule has 1 saturated heterocycles. The summed E-state index contributed by atoms with van der Waals surface area (Å²) in [6.07, 6.45) is 0.566. The van der Waals surface area contributed by atoms with E-state index in [4.69, 9.17) is 27.9 Å². The van der Waals surface area contributed by atoms with Crippen molar-refractivity contribution in [1.82, 2.24) is 19.7 Å². The molecule has 9 heteroatoms. The van der Waals surface area contributed by atoms with E-state index >= 15 is 0 Å². The van der Waals surface area contributed by atoms with Crippen LogP contribution in [0.15, 0.2) is 42.5 Å². The van der Waals surface area contributed by atoms with Crippen molar-refractivity contribution in [3.8, 4) is 5.69 Å². The number of carbonyl (C=O) groups is 1. The van der Waals surface area contributed by atoms with Gasteiger partial charge in [0.1, 0.15) is 11.5 Å². The summed E-state index contributed by atoms with van der Waals surface area (Å²) in [7, 11) is 0. The van der Waals surface area contributed by atoms with Crippen molar-refractivity contribution in [3.63, 3.8) is 0 Å². The zero-order valence-electron chi connectivity index (χ0n) is 17.1. The Morgan fingerprint density at radius 2 is 1.84 bits per heavy atom. The Labute approximate surface area is 190 Å². The standard InChI is InChI=1S/C22H23Cl2N5O2/c1-2-19-26-21(27-29(19)20-17(23)7-4-8-18(20)24)22(30)25-16-6-3-5-15(13-16)14-28-9-11-31-12-10-28/h3-8,13H,2,9-12,14H2,1H3,(H,25,30). The molecule has 2 aromatic carbocycles. The molecule has 1 aromatic heterocycles. The van der Waals surface area contributed by atoms with Crippen LogP contribution in [0.3, 0.4) is 0 Å². The van der Waals surface area contributed by atoms with Gasteiger partial charge in [0.15, 0.2) is 0 Å². The van der Waals surface area contributed by atoms with Crippen molar-refractivity contribution >= 4 is 34.8 Å². The van der Waals surface area contributed by atoms with Crippen molar-refractivity contribution in [2.24, 2.45) is 0 Å². The molecule has 1 N–H and O–H groups in total. The molecule has 0 radical (unpaired) electrons. The van der Waals surface area contributed by atoms with E-state index in [1.54, 1.807) is 18.2 Å². The second-order valence-corrected chi connectivity index (χ2v) is 8.04. The molecular weight excluding hydrogens is 437 g/mol. The van der Waals surface area contributed by atoms with Crippen LogP contribution in [0.5, 0.6) is 0 Å². The van der Waals surface area contributed by atoms with Crippen molar-refractivity contribution in [1.29, 1.82) is 0 Å². The number of halogens is 2. The fourth-order valence-electron chi connectivity index (χ4n) is 3.49. The van der Waals surface area contributed by atoms with E-state index in [1.165, 1.54) is 4.68 Å². The quantitative estimate of drug-likeness (QED) is 0.597. The Morgan fingerprint density at radius 1 is 1.13 bits per heavy atom. The molecule has 1 aliphatic heterocycles. The van der Waals surface area contributed by atoms with E-state index < -0.39 is 0 Å². The van der Waals surface area contributed by atoms with Crippen LogP contribution >= 0.6 is 23.2 Å². The topological polar surface area (TPSA) is 72.3 Å². The van der Waals surface area contributed by atoms with E-state index in [0.717, 1.165) is 38.4 Å². The summed E-state index contributed by atoms with van der Waals surface area (Å²) in [6.45, 7) is 6.05. The second kappa shape index (κ2) is 9.78. The Balaban J connectivity index is 1.53. The van der Waals surface area contributed by atoms with Gasteiger partial charge in [-0.1, -0.05) is 48.3 Å². The third-order valence-corrected chi connectivity index (χ3v) is 5.65. The van der Waals surface area contributed by atoms with Crippen molar-refractivity contribution in [2.45, 2.75) is 19.9 Å². The van der Waals surface area contributed by atoms with Gasteiger partial charge in [0.2, 0.25) is 5.82 Å². The first-order valence-electron chi connectivity index (χ1n) is 10.2. The average molecular weight is 460 g/mol. The van der Waals surface area contributed by atoms with E-state index in [-0.39, 0.29) is 11.7 Å². The number of amides is 1. The van der Waals surface area contributed by atoms with E-state index in [2.05, 4.69) is 20.3 Å². The Kier molecular flexibility index (Phi) is 6.87.